The topological polar surface area (TPSA) is 116 Å². The molecule has 2 saturated carbocycles. The van der Waals surface area contributed by atoms with Gasteiger partial charge in [-0.3, -0.25) is 9.78 Å². The van der Waals surface area contributed by atoms with Gasteiger partial charge in [-0.15, -0.1) is 0 Å². The molecule has 3 N–H and O–H groups in total. The second kappa shape index (κ2) is 8.86. The van der Waals surface area contributed by atoms with Crippen molar-refractivity contribution in [1.82, 2.24) is 14.3 Å². The summed E-state index contributed by atoms with van der Waals surface area (Å²) in [6.07, 6.45) is -2.63. The molecule has 2 fully saturated rings. The Morgan fingerprint density at radius 2 is 1.89 bits per heavy atom. The van der Waals surface area contributed by atoms with Gasteiger partial charge in [0.15, 0.2) is 11.6 Å². The van der Waals surface area contributed by atoms with Crippen LogP contribution in [0, 0.1) is 5.82 Å². The number of pyridine rings is 1. The van der Waals surface area contributed by atoms with Crippen molar-refractivity contribution in [2.24, 2.45) is 5.73 Å². The second-order valence-corrected chi connectivity index (χ2v) is 11.0. The van der Waals surface area contributed by atoms with Crippen molar-refractivity contribution in [3.05, 3.63) is 41.8 Å². The third-order valence-corrected chi connectivity index (χ3v) is 8.39. The zero-order valence-electron chi connectivity index (χ0n) is 19.4. The highest BCUT2D eigenvalue weighted by molar-refractivity contribution is 7.89. The van der Waals surface area contributed by atoms with Crippen LogP contribution in [0.5, 0.6) is 5.75 Å². The molecule has 3 aromatic rings. The number of nitrogens with two attached hydrogens (primary N) is 1. The minimum Gasteiger partial charge on any atom is -0.432 e. The van der Waals surface area contributed by atoms with Crippen LogP contribution >= 0.6 is 0 Å². The van der Waals surface area contributed by atoms with E-state index in [1.54, 1.807) is 9.29 Å². The molecule has 2 aromatic heterocycles. The van der Waals surface area contributed by atoms with Gasteiger partial charge in [-0.2, -0.15) is 26.7 Å². The molecule has 2 heterocycles. The van der Waals surface area contributed by atoms with Crippen LogP contribution in [0.1, 0.15) is 48.5 Å². The van der Waals surface area contributed by atoms with Crippen molar-refractivity contribution in [3.8, 4) is 17.1 Å². The zero-order chi connectivity index (χ0) is 27.6. The quantitative estimate of drug-likeness (QED) is 0.388. The van der Waals surface area contributed by atoms with Gasteiger partial charge in [0.1, 0.15) is 10.4 Å². The summed E-state index contributed by atoms with van der Waals surface area (Å²) in [6.45, 7) is -3.30. The zero-order valence-corrected chi connectivity index (χ0v) is 20.2. The molecule has 0 bridgehead atoms. The van der Waals surface area contributed by atoms with Gasteiger partial charge >= 0.3 is 12.8 Å². The number of primary amides is 1. The Kier molecular flexibility index (Phi) is 6.13. The maximum Gasteiger partial charge on any atom is 0.407 e. The minimum absolute atomic E-state index is 0.0135. The lowest BCUT2D eigenvalue weighted by Crippen LogP contribution is -2.47. The Morgan fingerprint density at radius 1 is 1.21 bits per heavy atom. The van der Waals surface area contributed by atoms with Gasteiger partial charge in [-0.1, -0.05) is 0 Å². The number of fused-ring (bicyclic) bond motifs is 1. The Morgan fingerprint density at radius 3 is 2.37 bits per heavy atom. The molecule has 38 heavy (non-hydrogen) atoms. The summed E-state index contributed by atoms with van der Waals surface area (Å²) in [7, 11) is -4.60. The molecule has 0 unspecified atom stereocenters. The van der Waals surface area contributed by atoms with Crippen LogP contribution in [0.4, 0.5) is 26.3 Å². The van der Waals surface area contributed by atoms with Crippen molar-refractivity contribution in [2.45, 2.75) is 61.4 Å². The lowest BCUT2D eigenvalue weighted by atomic mass is 9.92. The number of hydrogen-bond donors (Lipinski definition) is 2. The molecule has 0 saturated heterocycles. The maximum atomic E-state index is 14.6. The number of carbonyl (C=O) groups is 1. The highest BCUT2D eigenvalue weighted by Crippen LogP contribution is 2.50. The molecule has 2 aliphatic carbocycles. The van der Waals surface area contributed by atoms with Crippen LogP contribution < -0.4 is 15.2 Å². The number of nitrogens with one attached hydrogen (secondary N) is 1. The molecule has 0 radical (unpaired) electrons. The van der Waals surface area contributed by atoms with E-state index in [9.17, 15) is 39.6 Å². The third kappa shape index (κ3) is 4.36. The normalized spacial score (nSPS) is 17.6. The second-order valence-electron chi connectivity index (χ2n) is 9.29. The smallest absolute Gasteiger partial charge is 0.407 e. The number of ether oxygens (including phenoxy) is 1. The molecule has 1 aromatic carbocycles. The van der Waals surface area contributed by atoms with Gasteiger partial charge in [0, 0.05) is 23.7 Å². The molecule has 1 amide bonds. The van der Waals surface area contributed by atoms with E-state index in [-0.39, 0.29) is 33.9 Å². The minimum atomic E-state index is -4.77. The van der Waals surface area contributed by atoms with Crippen molar-refractivity contribution in [2.75, 3.05) is 0 Å². The highest BCUT2D eigenvalue weighted by atomic mass is 32.2. The van der Waals surface area contributed by atoms with Crippen molar-refractivity contribution in [3.63, 3.8) is 0 Å². The Hall–Kier alpha value is -3.33. The third-order valence-electron chi connectivity index (χ3n) is 6.87. The van der Waals surface area contributed by atoms with E-state index >= 15 is 0 Å². The lowest BCUT2D eigenvalue weighted by Gasteiger charge is -2.30. The first-order valence-electron chi connectivity index (χ1n) is 11.4. The fourth-order valence-electron chi connectivity index (χ4n) is 4.59. The number of nitrogens with zero attached hydrogens (tertiary/aromatic N) is 2. The number of halogens is 6. The van der Waals surface area contributed by atoms with Crippen LogP contribution in [0.2, 0.25) is 0 Å². The summed E-state index contributed by atoms with van der Waals surface area (Å²) in [5.74, 6) is -2.88. The number of benzene rings is 1. The fraction of sp³-hybridized carbons (Fsp3) is 0.391. The Labute approximate surface area is 211 Å². The Bertz CT molecular complexity index is 1530. The summed E-state index contributed by atoms with van der Waals surface area (Å²) in [5.41, 5.74) is 3.20. The molecule has 8 nitrogen and oxygen atoms in total. The molecule has 204 valence electrons. The van der Waals surface area contributed by atoms with Gasteiger partial charge in [-0.05, 0) is 50.3 Å². The first-order chi connectivity index (χ1) is 17.7. The number of amides is 1. The number of alkyl halides is 5. The van der Waals surface area contributed by atoms with Crippen LogP contribution in [0.3, 0.4) is 0 Å². The van der Waals surface area contributed by atoms with Crippen molar-refractivity contribution >= 4 is 26.8 Å². The highest BCUT2D eigenvalue weighted by Gasteiger charge is 2.65. The fourth-order valence-corrected chi connectivity index (χ4v) is 5.98. The van der Waals surface area contributed by atoms with E-state index in [1.165, 1.54) is 6.07 Å². The van der Waals surface area contributed by atoms with E-state index in [1.807, 2.05) is 0 Å². The molecule has 5 rings (SSSR count). The van der Waals surface area contributed by atoms with Crippen molar-refractivity contribution < 1.29 is 44.3 Å². The monoisotopic (exact) mass is 562 g/mol. The summed E-state index contributed by atoms with van der Waals surface area (Å²) in [4.78, 5) is 16.1. The van der Waals surface area contributed by atoms with Crippen LogP contribution in [0.25, 0.3) is 22.3 Å². The predicted octanol–water partition coefficient (Wildman–Crippen LogP) is 4.64. The first kappa shape index (κ1) is 26.3. The first-order valence-corrected chi connectivity index (χ1v) is 12.9. The summed E-state index contributed by atoms with van der Waals surface area (Å²) in [5, 5.41) is 0.0135. The number of hydrogen-bond acceptors (Lipinski definition) is 5. The van der Waals surface area contributed by atoms with Gasteiger partial charge in [0.05, 0.1) is 22.5 Å². The summed E-state index contributed by atoms with van der Waals surface area (Å²) >= 11 is 0. The van der Waals surface area contributed by atoms with E-state index in [4.69, 9.17) is 5.73 Å². The lowest BCUT2D eigenvalue weighted by molar-refractivity contribution is -0.160. The van der Waals surface area contributed by atoms with E-state index < -0.39 is 63.6 Å². The standard InChI is InChI=1S/C23H20F6N4O4S/c24-14-8-13-16(9-17(14)37-21(25)26)33(11-2-1-3-11)19(18(13)20(30)34)15-5-4-12(10-31-15)38(35,36)32-22(6-7-22)23(27,28)29/h4-5,8-11,21,32H,1-3,6-7H2,(H2,30,34). The van der Waals surface area contributed by atoms with Crippen molar-refractivity contribution in [1.29, 1.82) is 0 Å². The number of sulfonamides is 1. The largest absolute Gasteiger partial charge is 0.432 e. The number of carbonyl (C=O) groups excluding carboxylic acids is 1. The molecular weight excluding hydrogens is 542 g/mol. The average Bonchev–Trinajstić information content (AvgIpc) is 3.49. The van der Waals surface area contributed by atoms with E-state index in [0.29, 0.717) is 12.8 Å². The Balaban J connectivity index is 1.63. The molecule has 2 aliphatic rings. The predicted molar refractivity (Wildman–Crippen MR) is 122 cm³/mol. The summed E-state index contributed by atoms with van der Waals surface area (Å²) in [6, 6.07) is 3.85. The molecule has 0 atom stereocenters. The van der Waals surface area contributed by atoms with Crippen LogP contribution in [-0.4, -0.2) is 42.2 Å². The van der Waals surface area contributed by atoms with Crippen LogP contribution in [0.15, 0.2) is 35.4 Å². The van der Waals surface area contributed by atoms with Gasteiger partial charge in [-0.25, -0.2) is 12.8 Å². The average molecular weight is 562 g/mol. The van der Waals surface area contributed by atoms with Crippen LogP contribution in [-0.2, 0) is 10.0 Å². The van der Waals surface area contributed by atoms with E-state index in [0.717, 1.165) is 30.8 Å². The molecule has 0 spiro atoms. The molecule has 15 heteroatoms. The SMILES string of the molecule is NC(=O)c1c(-c2ccc(S(=O)(=O)NC3(C(F)(F)F)CC3)cn2)n(C2CCC2)c2cc(OC(F)F)c(F)cc12. The number of aromatic nitrogens is 2. The summed E-state index contributed by atoms with van der Waals surface area (Å²) < 4.78 is 113. The van der Waals surface area contributed by atoms with Gasteiger partial charge < -0.3 is 15.0 Å². The maximum absolute atomic E-state index is 14.6. The van der Waals surface area contributed by atoms with E-state index in [2.05, 4.69) is 9.72 Å². The molecular formula is C23H20F6N4O4S. The van der Waals surface area contributed by atoms with Gasteiger partial charge in [0.25, 0.3) is 5.91 Å². The van der Waals surface area contributed by atoms with Gasteiger partial charge in [0.2, 0.25) is 10.0 Å². The molecule has 0 aliphatic heterocycles. The number of rotatable bonds is 8.